The lowest BCUT2D eigenvalue weighted by Crippen LogP contribution is -2.47. The summed E-state index contributed by atoms with van der Waals surface area (Å²) < 4.78 is 11.0. The molecule has 5 nitrogen and oxygen atoms in total. The summed E-state index contributed by atoms with van der Waals surface area (Å²) in [7, 11) is 1.67. The minimum absolute atomic E-state index is 0.00510. The molecule has 1 amide bonds. The Bertz CT molecular complexity index is 779. The van der Waals surface area contributed by atoms with Gasteiger partial charge in [0.2, 0.25) is 5.91 Å². The van der Waals surface area contributed by atoms with Crippen LogP contribution in [0.3, 0.4) is 0 Å². The van der Waals surface area contributed by atoms with Gasteiger partial charge in [-0.2, -0.15) is 0 Å². The van der Waals surface area contributed by atoms with Gasteiger partial charge in [-0.1, -0.05) is 42.5 Å². The Morgan fingerprint density at radius 2 is 1.86 bits per heavy atom. The Kier molecular flexibility index (Phi) is 6.70. The number of para-hydroxylation sites is 1. The fourth-order valence-corrected chi connectivity index (χ4v) is 3.75. The van der Waals surface area contributed by atoms with E-state index in [1.807, 2.05) is 24.3 Å². The van der Waals surface area contributed by atoms with Gasteiger partial charge in [-0.15, -0.1) is 0 Å². The van der Waals surface area contributed by atoms with E-state index in [0.717, 1.165) is 22.4 Å². The molecule has 1 aliphatic rings. The lowest BCUT2D eigenvalue weighted by Gasteiger charge is -2.36. The van der Waals surface area contributed by atoms with E-state index in [4.69, 9.17) is 9.47 Å². The number of hydrogen-bond acceptors (Lipinski definition) is 4. The van der Waals surface area contributed by atoms with Gasteiger partial charge in [0.05, 0.1) is 18.6 Å². The normalized spacial score (nSPS) is 17.0. The summed E-state index contributed by atoms with van der Waals surface area (Å²) in [6.45, 7) is 3.12. The van der Waals surface area contributed by atoms with E-state index in [-0.39, 0.29) is 12.5 Å². The maximum atomic E-state index is 12.9. The number of amides is 1. The van der Waals surface area contributed by atoms with Gasteiger partial charge in [0.15, 0.2) is 0 Å². The van der Waals surface area contributed by atoms with Crippen LogP contribution in [0.1, 0.15) is 25.3 Å². The molecule has 2 aromatic carbocycles. The minimum atomic E-state index is -0.555. The van der Waals surface area contributed by atoms with Gasteiger partial charge in [-0.05, 0) is 43.4 Å². The van der Waals surface area contributed by atoms with Gasteiger partial charge in [0.25, 0.3) is 0 Å². The number of ether oxygens (including phenoxy) is 2. The average Bonchev–Trinajstić information content (AvgIpc) is 2.73. The zero-order valence-electron chi connectivity index (χ0n) is 16.6. The highest BCUT2D eigenvalue weighted by Crippen LogP contribution is 2.36. The molecule has 150 valence electrons. The zero-order chi connectivity index (χ0) is 20.0. The maximum Gasteiger partial charge on any atom is 0.226 e. The number of nitrogens with one attached hydrogen (secondary N) is 1. The molecule has 0 spiro atoms. The van der Waals surface area contributed by atoms with Crippen molar-refractivity contribution in [2.75, 3.05) is 26.9 Å². The molecule has 0 bridgehead atoms. The molecule has 0 unspecified atom stereocenters. The highest BCUT2D eigenvalue weighted by atomic mass is 16.5. The molecule has 1 aliphatic heterocycles. The van der Waals surface area contributed by atoms with Gasteiger partial charge in [0.1, 0.15) is 5.75 Å². The summed E-state index contributed by atoms with van der Waals surface area (Å²) in [6.07, 6.45) is 1.48. The van der Waals surface area contributed by atoms with Crippen LogP contribution in [0.5, 0.6) is 5.75 Å². The topological polar surface area (TPSA) is 67.8 Å². The lowest BCUT2D eigenvalue weighted by atomic mass is 9.74. The van der Waals surface area contributed by atoms with Crippen molar-refractivity contribution in [1.29, 1.82) is 0 Å². The second-order valence-corrected chi connectivity index (χ2v) is 7.53. The number of hydrogen-bond donors (Lipinski definition) is 2. The Morgan fingerprint density at radius 1 is 1.18 bits per heavy atom. The molecule has 0 aromatic heterocycles. The van der Waals surface area contributed by atoms with Crippen LogP contribution >= 0.6 is 0 Å². The summed E-state index contributed by atoms with van der Waals surface area (Å²) in [5.41, 5.74) is 2.76. The quantitative estimate of drug-likeness (QED) is 0.771. The lowest BCUT2D eigenvalue weighted by molar-refractivity contribution is -0.137. The van der Waals surface area contributed by atoms with Crippen LogP contribution in [-0.4, -0.2) is 44.0 Å². The first-order valence-electron chi connectivity index (χ1n) is 9.80. The van der Waals surface area contributed by atoms with E-state index >= 15 is 0 Å². The molecule has 1 fully saturated rings. The van der Waals surface area contributed by atoms with Crippen LogP contribution in [0, 0.1) is 5.41 Å². The van der Waals surface area contributed by atoms with Gasteiger partial charge >= 0.3 is 0 Å². The Labute approximate surface area is 166 Å². The van der Waals surface area contributed by atoms with Crippen molar-refractivity contribution < 1.29 is 19.4 Å². The molecule has 2 aromatic rings. The smallest absolute Gasteiger partial charge is 0.226 e. The number of rotatable bonds is 7. The summed E-state index contributed by atoms with van der Waals surface area (Å²) >= 11 is 0. The first-order valence-corrected chi connectivity index (χ1v) is 9.80. The van der Waals surface area contributed by atoms with Crippen molar-refractivity contribution in [3.8, 4) is 16.9 Å². The van der Waals surface area contributed by atoms with Crippen LogP contribution in [0.2, 0.25) is 0 Å². The van der Waals surface area contributed by atoms with Gasteiger partial charge in [-0.3, -0.25) is 4.79 Å². The number of methoxy groups -OCH3 is 1. The third-order valence-electron chi connectivity index (χ3n) is 5.40. The van der Waals surface area contributed by atoms with Gasteiger partial charge < -0.3 is 19.9 Å². The van der Waals surface area contributed by atoms with Crippen molar-refractivity contribution >= 4 is 5.91 Å². The summed E-state index contributed by atoms with van der Waals surface area (Å²) in [6, 6.07) is 16.3. The predicted octanol–water partition coefficient (Wildman–Crippen LogP) is 3.20. The molecule has 1 saturated heterocycles. The van der Waals surface area contributed by atoms with Crippen molar-refractivity contribution in [3.05, 3.63) is 54.1 Å². The number of aliphatic hydroxyl groups is 1. The number of aliphatic hydroxyl groups excluding tert-OH is 1. The van der Waals surface area contributed by atoms with Crippen LogP contribution < -0.4 is 10.1 Å². The second kappa shape index (κ2) is 9.22. The van der Waals surface area contributed by atoms with Crippen molar-refractivity contribution in [3.63, 3.8) is 0 Å². The second-order valence-electron chi connectivity index (χ2n) is 7.53. The van der Waals surface area contributed by atoms with Crippen LogP contribution in [0.15, 0.2) is 48.5 Å². The highest BCUT2D eigenvalue weighted by Gasteiger charge is 2.40. The molecule has 0 radical (unpaired) electrons. The Balaban J connectivity index is 1.79. The van der Waals surface area contributed by atoms with Crippen molar-refractivity contribution in [2.24, 2.45) is 5.41 Å². The van der Waals surface area contributed by atoms with Crippen LogP contribution in [0.25, 0.3) is 11.1 Å². The molecular weight excluding hydrogens is 354 g/mol. The van der Waals surface area contributed by atoms with E-state index in [1.54, 1.807) is 14.0 Å². The van der Waals surface area contributed by atoms with Gasteiger partial charge in [-0.25, -0.2) is 0 Å². The van der Waals surface area contributed by atoms with E-state index in [2.05, 4.69) is 29.6 Å². The fourth-order valence-electron chi connectivity index (χ4n) is 3.75. The molecule has 1 atom stereocenters. The molecule has 3 rings (SSSR count). The molecule has 0 aliphatic carbocycles. The van der Waals surface area contributed by atoms with Crippen LogP contribution in [0.4, 0.5) is 0 Å². The highest BCUT2D eigenvalue weighted by molar-refractivity contribution is 5.83. The third-order valence-corrected chi connectivity index (χ3v) is 5.40. The van der Waals surface area contributed by atoms with E-state index < -0.39 is 11.5 Å². The van der Waals surface area contributed by atoms with Crippen molar-refractivity contribution in [1.82, 2.24) is 5.32 Å². The standard InChI is InChI=1S/C23H29NO4/c1-17(25)16-24-22(26)23(11-13-28-14-12-23)15-18-7-9-19(10-8-18)20-5-3-4-6-21(20)27-2/h3-10,17,25H,11-16H2,1-2H3,(H,24,26)/t17-/m1/s1. The monoisotopic (exact) mass is 383 g/mol. The number of carbonyl (C=O) groups excluding carboxylic acids is 1. The van der Waals surface area contributed by atoms with E-state index in [9.17, 15) is 9.90 Å². The molecule has 1 heterocycles. The first-order chi connectivity index (χ1) is 13.5. The van der Waals surface area contributed by atoms with E-state index in [1.165, 1.54) is 0 Å². The summed E-state index contributed by atoms with van der Waals surface area (Å²) in [4.78, 5) is 12.9. The number of benzene rings is 2. The third kappa shape index (κ3) is 4.72. The summed E-state index contributed by atoms with van der Waals surface area (Å²) in [5, 5.41) is 12.4. The average molecular weight is 383 g/mol. The predicted molar refractivity (Wildman–Crippen MR) is 109 cm³/mol. The Morgan fingerprint density at radius 3 is 2.50 bits per heavy atom. The largest absolute Gasteiger partial charge is 0.496 e. The number of carbonyl (C=O) groups is 1. The molecular formula is C23H29NO4. The SMILES string of the molecule is COc1ccccc1-c1ccc(CC2(C(=O)NC[C@@H](C)O)CCOCC2)cc1. The molecule has 28 heavy (non-hydrogen) atoms. The molecule has 0 saturated carbocycles. The van der Waals surface area contributed by atoms with E-state index in [0.29, 0.717) is 32.5 Å². The first kappa shape index (κ1) is 20.4. The Hall–Kier alpha value is -2.37. The molecule has 2 N–H and O–H groups in total. The zero-order valence-corrected chi connectivity index (χ0v) is 16.6. The van der Waals surface area contributed by atoms with Crippen LogP contribution in [-0.2, 0) is 16.0 Å². The van der Waals surface area contributed by atoms with Crippen molar-refractivity contribution in [2.45, 2.75) is 32.3 Å². The summed E-state index contributed by atoms with van der Waals surface area (Å²) in [5.74, 6) is 0.846. The minimum Gasteiger partial charge on any atom is -0.496 e. The van der Waals surface area contributed by atoms with Gasteiger partial charge in [0, 0.05) is 25.3 Å². The molecule has 5 heteroatoms. The maximum absolute atomic E-state index is 12.9. The fraction of sp³-hybridized carbons (Fsp3) is 0.435.